The summed E-state index contributed by atoms with van der Waals surface area (Å²) in [7, 11) is 0. The Morgan fingerprint density at radius 3 is 2.48 bits per heavy atom. The molecular weight excluding hydrogens is 346 g/mol. The summed E-state index contributed by atoms with van der Waals surface area (Å²) in [4.78, 5) is 23.8. The number of hydrazone groups is 1. The van der Waals surface area contributed by atoms with Crippen molar-refractivity contribution in [1.82, 2.24) is 5.43 Å². The lowest BCUT2D eigenvalue weighted by Gasteiger charge is -2.07. The fraction of sp³-hybridized carbons (Fsp3) is 0.350. The van der Waals surface area contributed by atoms with Gasteiger partial charge < -0.3 is 14.5 Å². The van der Waals surface area contributed by atoms with E-state index in [1.54, 1.807) is 30.5 Å². The molecule has 0 unspecified atom stereocenters. The Balaban J connectivity index is 1.66. The number of rotatable bonds is 10. The van der Waals surface area contributed by atoms with Crippen LogP contribution in [0.2, 0.25) is 0 Å². The van der Waals surface area contributed by atoms with Gasteiger partial charge in [0.05, 0.1) is 12.9 Å². The molecule has 2 aromatic rings. The van der Waals surface area contributed by atoms with Crippen LogP contribution >= 0.6 is 0 Å². The number of carbonyl (C=O) groups is 2. The van der Waals surface area contributed by atoms with Crippen molar-refractivity contribution < 1.29 is 18.7 Å². The normalized spacial score (nSPS) is 11.1. The molecule has 0 atom stereocenters. The molecule has 27 heavy (non-hydrogen) atoms. The number of furan rings is 1. The van der Waals surface area contributed by atoms with E-state index >= 15 is 0 Å². The van der Waals surface area contributed by atoms with Gasteiger partial charge in [-0.25, -0.2) is 5.43 Å². The van der Waals surface area contributed by atoms with E-state index < -0.39 is 0 Å². The summed E-state index contributed by atoms with van der Waals surface area (Å²) in [5, 5.41) is 6.79. The number of hydrogen-bond donors (Lipinski definition) is 2. The largest absolute Gasteiger partial charge is 0.494 e. The van der Waals surface area contributed by atoms with Gasteiger partial charge in [-0.3, -0.25) is 9.59 Å². The molecule has 0 fully saturated rings. The highest BCUT2D eigenvalue weighted by atomic mass is 16.5. The van der Waals surface area contributed by atoms with Crippen LogP contribution in [0.25, 0.3) is 0 Å². The molecule has 1 aromatic carbocycles. The standard InChI is InChI=1S/C20H25N3O4/c1-3-26-18-10-7-16(8-11-18)21-19(24)12-13-20(25)23-22-15(2)6-9-17-5-4-14-27-17/h4-5,7-8,10-11,14H,3,6,9,12-13H2,1-2H3,(H,21,24)(H,23,25)/b22-15-. The van der Waals surface area contributed by atoms with E-state index in [0.29, 0.717) is 18.7 Å². The van der Waals surface area contributed by atoms with Gasteiger partial charge in [-0.15, -0.1) is 0 Å². The molecule has 0 spiro atoms. The van der Waals surface area contributed by atoms with Gasteiger partial charge in [0.2, 0.25) is 11.8 Å². The van der Waals surface area contributed by atoms with Crippen LogP contribution in [-0.4, -0.2) is 24.1 Å². The monoisotopic (exact) mass is 371 g/mol. The summed E-state index contributed by atoms with van der Waals surface area (Å²) in [6, 6.07) is 10.8. The number of ether oxygens (including phenoxy) is 1. The number of carbonyl (C=O) groups excluding carboxylic acids is 2. The van der Waals surface area contributed by atoms with Crippen LogP contribution in [-0.2, 0) is 16.0 Å². The smallest absolute Gasteiger partial charge is 0.240 e. The number of nitrogens with one attached hydrogen (secondary N) is 2. The van der Waals surface area contributed by atoms with Crippen molar-refractivity contribution in [3.05, 3.63) is 48.4 Å². The van der Waals surface area contributed by atoms with Crippen LogP contribution in [0, 0.1) is 0 Å². The summed E-state index contributed by atoms with van der Waals surface area (Å²) >= 11 is 0. The lowest BCUT2D eigenvalue weighted by atomic mass is 10.2. The zero-order valence-corrected chi connectivity index (χ0v) is 15.7. The molecular formula is C20H25N3O4. The molecule has 2 rings (SSSR count). The van der Waals surface area contributed by atoms with Crippen molar-refractivity contribution in [3.63, 3.8) is 0 Å². The molecule has 0 saturated heterocycles. The summed E-state index contributed by atoms with van der Waals surface area (Å²) in [5.74, 6) is 1.10. The molecule has 2 amide bonds. The number of nitrogens with zero attached hydrogens (tertiary/aromatic N) is 1. The number of anilines is 1. The van der Waals surface area contributed by atoms with E-state index in [0.717, 1.165) is 23.6 Å². The van der Waals surface area contributed by atoms with Crippen molar-refractivity contribution in [2.75, 3.05) is 11.9 Å². The maximum absolute atomic E-state index is 11.9. The Morgan fingerprint density at radius 2 is 1.81 bits per heavy atom. The zero-order chi connectivity index (χ0) is 19.5. The lowest BCUT2D eigenvalue weighted by molar-refractivity contribution is -0.124. The molecule has 7 nitrogen and oxygen atoms in total. The first-order chi connectivity index (χ1) is 13.1. The molecule has 144 valence electrons. The molecule has 0 aliphatic carbocycles. The predicted molar refractivity (Wildman–Crippen MR) is 104 cm³/mol. The average Bonchev–Trinajstić information content (AvgIpc) is 3.18. The summed E-state index contributed by atoms with van der Waals surface area (Å²) in [6.07, 6.45) is 3.19. The highest BCUT2D eigenvalue weighted by Gasteiger charge is 2.07. The van der Waals surface area contributed by atoms with Gasteiger partial charge in [0.15, 0.2) is 0 Å². The third kappa shape index (κ3) is 7.77. The third-order valence-corrected chi connectivity index (χ3v) is 3.71. The second-order valence-electron chi connectivity index (χ2n) is 5.97. The van der Waals surface area contributed by atoms with Crippen LogP contribution in [0.1, 0.15) is 38.9 Å². The van der Waals surface area contributed by atoms with Gasteiger partial charge in [-0.2, -0.15) is 5.10 Å². The molecule has 2 N–H and O–H groups in total. The van der Waals surface area contributed by atoms with Crippen LogP contribution < -0.4 is 15.5 Å². The highest BCUT2D eigenvalue weighted by Crippen LogP contribution is 2.15. The van der Waals surface area contributed by atoms with Crippen LogP contribution in [0.15, 0.2) is 52.2 Å². The van der Waals surface area contributed by atoms with Crippen LogP contribution in [0.3, 0.4) is 0 Å². The zero-order valence-electron chi connectivity index (χ0n) is 15.7. The van der Waals surface area contributed by atoms with E-state index in [1.165, 1.54) is 0 Å². The first-order valence-electron chi connectivity index (χ1n) is 8.94. The van der Waals surface area contributed by atoms with E-state index in [1.807, 2.05) is 26.0 Å². The Kier molecular flexibility index (Phi) is 8.09. The van der Waals surface area contributed by atoms with Crippen molar-refractivity contribution in [2.45, 2.75) is 39.5 Å². The minimum atomic E-state index is -0.297. The van der Waals surface area contributed by atoms with Gasteiger partial charge in [0, 0.05) is 30.7 Å². The van der Waals surface area contributed by atoms with E-state index in [9.17, 15) is 9.59 Å². The van der Waals surface area contributed by atoms with Gasteiger partial charge >= 0.3 is 0 Å². The number of amides is 2. The Bertz CT molecular complexity index is 752. The van der Waals surface area contributed by atoms with E-state index in [-0.39, 0.29) is 24.7 Å². The second kappa shape index (κ2) is 10.8. The first-order valence-corrected chi connectivity index (χ1v) is 8.94. The summed E-state index contributed by atoms with van der Waals surface area (Å²) < 4.78 is 10.6. The second-order valence-corrected chi connectivity index (χ2v) is 5.97. The fourth-order valence-electron chi connectivity index (χ4n) is 2.28. The number of hydrogen-bond acceptors (Lipinski definition) is 5. The average molecular weight is 371 g/mol. The van der Waals surface area contributed by atoms with Gasteiger partial charge in [0.25, 0.3) is 0 Å². The highest BCUT2D eigenvalue weighted by molar-refractivity contribution is 5.93. The first kappa shape index (κ1) is 20.2. The van der Waals surface area contributed by atoms with Crippen molar-refractivity contribution >= 4 is 23.2 Å². The van der Waals surface area contributed by atoms with Crippen LogP contribution in [0.4, 0.5) is 5.69 Å². The minimum absolute atomic E-state index is 0.0673. The molecule has 0 aliphatic rings. The lowest BCUT2D eigenvalue weighted by Crippen LogP contribution is -2.21. The minimum Gasteiger partial charge on any atom is -0.494 e. The van der Waals surface area contributed by atoms with Crippen molar-refractivity contribution in [3.8, 4) is 5.75 Å². The number of benzene rings is 1. The molecule has 7 heteroatoms. The van der Waals surface area contributed by atoms with Gasteiger partial charge in [-0.1, -0.05) is 0 Å². The summed E-state index contributed by atoms with van der Waals surface area (Å²) in [6.45, 7) is 4.33. The van der Waals surface area contributed by atoms with Crippen LogP contribution in [0.5, 0.6) is 5.75 Å². The molecule has 1 aromatic heterocycles. The Labute approximate surface area is 158 Å². The predicted octanol–water partition coefficient (Wildman–Crippen LogP) is 3.52. The van der Waals surface area contributed by atoms with Crippen molar-refractivity contribution in [2.24, 2.45) is 5.10 Å². The molecule has 0 bridgehead atoms. The maximum atomic E-state index is 11.9. The number of aryl methyl sites for hydroxylation is 1. The fourth-order valence-corrected chi connectivity index (χ4v) is 2.28. The molecule has 0 radical (unpaired) electrons. The van der Waals surface area contributed by atoms with E-state index in [4.69, 9.17) is 9.15 Å². The maximum Gasteiger partial charge on any atom is 0.240 e. The van der Waals surface area contributed by atoms with Gasteiger partial charge in [-0.05, 0) is 56.7 Å². The summed E-state index contributed by atoms with van der Waals surface area (Å²) in [5.41, 5.74) is 3.93. The third-order valence-electron chi connectivity index (χ3n) is 3.71. The quantitative estimate of drug-likeness (QED) is 0.494. The Morgan fingerprint density at radius 1 is 1.07 bits per heavy atom. The SMILES string of the molecule is CCOc1ccc(NC(=O)CCC(=O)N/N=C(/C)CCc2ccco2)cc1. The molecule has 0 saturated carbocycles. The Hall–Kier alpha value is -3.09. The molecule has 1 heterocycles. The topological polar surface area (TPSA) is 92.9 Å². The van der Waals surface area contributed by atoms with Gasteiger partial charge in [0.1, 0.15) is 11.5 Å². The van der Waals surface area contributed by atoms with Crippen molar-refractivity contribution in [1.29, 1.82) is 0 Å². The molecule has 0 aliphatic heterocycles. The van der Waals surface area contributed by atoms with E-state index in [2.05, 4.69) is 15.8 Å².